The number of carbonyl (C=O) groups is 3. The number of pyridine rings is 1. The number of amidine groups is 1. The van der Waals surface area contributed by atoms with Gasteiger partial charge in [-0.05, 0) is 36.9 Å². The third kappa shape index (κ3) is 2.82. The SMILES string of the molecule is CCN1C(=O)/C(=C2/C(=O)N(C(C)=O)c3ccccc32)S/C1=N/c1ccccn1. The van der Waals surface area contributed by atoms with Crippen molar-refractivity contribution in [2.45, 2.75) is 13.8 Å². The summed E-state index contributed by atoms with van der Waals surface area (Å²) in [5, 5.41) is 0.459. The highest BCUT2D eigenvalue weighted by Crippen LogP contribution is 2.44. The van der Waals surface area contributed by atoms with Crippen molar-refractivity contribution in [1.29, 1.82) is 0 Å². The average Bonchev–Trinajstić information content (AvgIpc) is 3.15. The van der Waals surface area contributed by atoms with Gasteiger partial charge in [0.25, 0.3) is 11.8 Å². The third-order valence-corrected chi connectivity index (χ3v) is 5.49. The summed E-state index contributed by atoms with van der Waals surface area (Å²) in [6.07, 6.45) is 1.62. The van der Waals surface area contributed by atoms with Crippen LogP contribution in [0.15, 0.2) is 58.6 Å². The summed E-state index contributed by atoms with van der Waals surface area (Å²) < 4.78 is 0. The second-order valence-electron chi connectivity index (χ2n) is 6.11. The Morgan fingerprint density at radius 3 is 2.54 bits per heavy atom. The van der Waals surface area contributed by atoms with E-state index in [-0.39, 0.29) is 16.4 Å². The molecule has 3 heterocycles. The molecule has 0 radical (unpaired) electrons. The lowest BCUT2D eigenvalue weighted by molar-refractivity contribution is -0.124. The minimum Gasteiger partial charge on any atom is -0.287 e. The molecule has 2 aliphatic rings. The van der Waals surface area contributed by atoms with Gasteiger partial charge in [0.05, 0.1) is 16.2 Å². The van der Waals surface area contributed by atoms with Crippen LogP contribution in [0.5, 0.6) is 0 Å². The fourth-order valence-electron chi connectivity index (χ4n) is 3.19. The van der Waals surface area contributed by atoms with Crippen molar-refractivity contribution in [3.8, 4) is 0 Å². The number of rotatable bonds is 2. The van der Waals surface area contributed by atoms with Gasteiger partial charge in [0.1, 0.15) is 0 Å². The molecular weight excluding hydrogens is 376 g/mol. The zero-order chi connectivity index (χ0) is 19.8. The van der Waals surface area contributed by atoms with Crippen LogP contribution in [0.25, 0.3) is 5.57 Å². The molecule has 0 atom stereocenters. The second kappa shape index (κ2) is 7.05. The molecule has 0 aliphatic carbocycles. The van der Waals surface area contributed by atoms with E-state index in [1.165, 1.54) is 11.8 Å². The normalized spacial score (nSPS) is 20.3. The molecule has 7 nitrogen and oxygen atoms in total. The van der Waals surface area contributed by atoms with Crippen LogP contribution >= 0.6 is 11.8 Å². The lowest BCUT2D eigenvalue weighted by Gasteiger charge is -2.12. The Bertz CT molecular complexity index is 1060. The van der Waals surface area contributed by atoms with Gasteiger partial charge in [-0.15, -0.1) is 0 Å². The number of aliphatic imine (C=N–C) groups is 1. The number of benzene rings is 1. The molecule has 2 aromatic rings. The van der Waals surface area contributed by atoms with Gasteiger partial charge < -0.3 is 0 Å². The first-order valence-corrected chi connectivity index (χ1v) is 9.52. The number of amides is 3. The van der Waals surface area contributed by atoms with E-state index in [4.69, 9.17) is 0 Å². The van der Waals surface area contributed by atoms with Crippen molar-refractivity contribution in [3.05, 3.63) is 59.1 Å². The highest BCUT2D eigenvalue weighted by molar-refractivity contribution is 8.18. The quantitative estimate of drug-likeness (QED) is 0.734. The first kappa shape index (κ1) is 18.1. The minimum atomic E-state index is -0.486. The fraction of sp³-hybridized carbons (Fsp3) is 0.150. The van der Waals surface area contributed by atoms with E-state index < -0.39 is 11.8 Å². The summed E-state index contributed by atoms with van der Waals surface area (Å²) in [6, 6.07) is 12.3. The van der Waals surface area contributed by atoms with Crippen LogP contribution in [0, 0.1) is 0 Å². The van der Waals surface area contributed by atoms with Gasteiger partial charge in [0, 0.05) is 25.2 Å². The summed E-state index contributed by atoms with van der Waals surface area (Å²) in [5.41, 5.74) is 1.31. The summed E-state index contributed by atoms with van der Waals surface area (Å²) in [4.78, 5) is 49.6. The Kier molecular flexibility index (Phi) is 4.56. The van der Waals surface area contributed by atoms with Gasteiger partial charge in [-0.25, -0.2) is 14.9 Å². The number of hydrogen-bond acceptors (Lipinski definition) is 6. The van der Waals surface area contributed by atoms with E-state index >= 15 is 0 Å². The molecule has 4 rings (SSSR count). The maximum Gasteiger partial charge on any atom is 0.267 e. The first-order valence-electron chi connectivity index (χ1n) is 8.71. The first-order chi connectivity index (χ1) is 13.5. The van der Waals surface area contributed by atoms with Crippen LogP contribution in [-0.2, 0) is 14.4 Å². The van der Waals surface area contributed by atoms with Crippen molar-refractivity contribution in [3.63, 3.8) is 0 Å². The molecule has 0 N–H and O–H groups in total. The van der Waals surface area contributed by atoms with Gasteiger partial charge in [-0.2, -0.15) is 0 Å². The molecule has 0 saturated carbocycles. The molecule has 0 unspecified atom stereocenters. The number of imide groups is 1. The van der Waals surface area contributed by atoms with Crippen LogP contribution in [0.1, 0.15) is 19.4 Å². The van der Waals surface area contributed by atoms with Crippen LogP contribution in [0.2, 0.25) is 0 Å². The molecule has 1 saturated heterocycles. The van der Waals surface area contributed by atoms with Crippen molar-refractivity contribution in [1.82, 2.24) is 9.88 Å². The lowest BCUT2D eigenvalue weighted by Crippen LogP contribution is -2.32. The van der Waals surface area contributed by atoms with Crippen molar-refractivity contribution >= 4 is 51.7 Å². The number of likely N-dealkylation sites (N-methyl/N-ethyl adjacent to an activating group) is 1. The van der Waals surface area contributed by atoms with E-state index in [0.29, 0.717) is 28.8 Å². The molecule has 1 aromatic carbocycles. The molecule has 2 aliphatic heterocycles. The molecule has 3 amide bonds. The molecule has 28 heavy (non-hydrogen) atoms. The van der Waals surface area contributed by atoms with E-state index in [9.17, 15) is 14.4 Å². The predicted octanol–water partition coefficient (Wildman–Crippen LogP) is 2.97. The number of carbonyl (C=O) groups excluding carboxylic acids is 3. The highest BCUT2D eigenvalue weighted by atomic mass is 32.2. The molecule has 0 bridgehead atoms. The van der Waals surface area contributed by atoms with Crippen LogP contribution in [0.4, 0.5) is 11.5 Å². The Morgan fingerprint density at radius 2 is 1.86 bits per heavy atom. The fourth-order valence-corrected chi connectivity index (χ4v) is 4.33. The monoisotopic (exact) mass is 392 g/mol. The van der Waals surface area contributed by atoms with Gasteiger partial charge >= 0.3 is 0 Å². The van der Waals surface area contributed by atoms with Gasteiger partial charge in [-0.3, -0.25) is 19.3 Å². The van der Waals surface area contributed by atoms with Crippen molar-refractivity contribution in [2.24, 2.45) is 4.99 Å². The Morgan fingerprint density at radius 1 is 1.11 bits per heavy atom. The number of aromatic nitrogens is 1. The number of nitrogens with zero attached hydrogens (tertiary/aromatic N) is 4. The molecule has 140 valence electrons. The Labute approximate surface area is 165 Å². The molecule has 1 fully saturated rings. The van der Waals surface area contributed by atoms with Crippen LogP contribution in [0.3, 0.4) is 0 Å². The van der Waals surface area contributed by atoms with E-state index in [1.807, 2.05) is 13.0 Å². The number of hydrogen-bond donors (Lipinski definition) is 0. The van der Waals surface area contributed by atoms with E-state index in [2.05, 4.69) is 9.98 Å². The van der Waals surface area contributed by atoms with Crippen LogP contribution < -0.4 is 4.90 Å². The molecule has 1 aromatic heterocycles. The largest absolute Gasteiger partial charge is 0.287 e. The summed E-state index contributed by atoms with van der Waals surface area (Å²) in [6.45, 7) is 3.57. The summed E-state index contributed by atoms with van der Waals surface area (Å²) in [5.74, 6) is -0.699. The second-order valence-corrected chi connectivity index (χ2v) is 7.09. The van der Waals surface area contributed by atoms with Crippen molar-refractivity contribution < 1.29 is 14.4 Å². The number of fused-ring (bicyclic) bond motifs is 1. The number of thioether (sulfide) groups is 1. The van der Waals surface area contributed by atoms with Crippen molar-refractivity contribution in [2.75, 3.05) is 11.4 Å². The van der Waals surface area contributed by atoms with Gasteiger partial charge in [0.15, 0.2) is 11.0 Å². The van der Waals surface area contributed by atoms with E-state index in [0.717, 1.165) is 16.7 Å². The molecular formula is C20H16N4O3S. The van der Waals surface area contributed by atoms with Gasteiger partial charge in [0.2, 0.25) is 5.91 Å². The smallest absolute Gasteiger partial charge is 0.267 e. The van der Waals surface area contributed by atoms with Gasteiger partial charge in [-0.1, -0.05) is 24.3 Å². The standard InChI is InChI=1S/C20H16N4O3S/c1-3-23-19(27)17(28-20(23)22-15-10-6-7-11-21-15)16-13-8-4-5-9-14(13)24(12(2)25)18(16)26/h4-11H,3H2,1-2H3/b17-16-,22-20+. The third-order valence-electron chi connectivity index (χ3n) is 4.41. The Hall–Kier alpha value is -3.26. The topological polar surface area (TPSA) is 82.9 Å². The molecule has 0 spiro atoms. The average molecular weight is 392 g/mol. The number of anilines is 1. The maximum atomic E-state index is 13.0. The summed E-state index contributed by atoms with van der Waals surface area (Å²) in [7, 11) is 0. The van der Waals surface area contributed by atoms with Crippen LogP contribution in [-0.4, -0.2) is 39.3 Å². The number of para-hydroxylation sites is 1. The predicted molar refractivity (Wildman–Crippen MR) is 108 cm³/mol. The highest BCUT2D eigenvalue weighted by Gasteiger charge is 2.43. The summed E-state index contributed by atoms with van der Waals surface area (Å²) >= 11 is 1.13. The molecule has 8 heteroatoms. The zero-order valence-electron chi connectivity index (χ0n) is 15.2. The minimum absolute atomic E-state index is 0.241. The van der Waals surface area contributed by atoms with E-state index in [1.54, 1.807) is 42.6 Å². The Balaban J connectivity index is 1.86. The lowest BCUT2D eigenvalue weighted by atomic mass is 10.1. The zero-order valence-corrected chi connectivity index (χ0v) is 16.1. The maximum absolute atomic E-state index is 13.0.